The lowest BCUT2D eigenvalue weighted by atomic mass is 10.0. The zero-order valence-electron chi connectivity index (χ0n) is 11.4. The molecule has 1 saturated heterocycles. The summed E-state index contributed by atoms with van der Waals surface area (Å²) >= 11 is 6.31. The van der Waals surface area contributed by atoms with E-state index in [0.717, 1.165) is 49.0 Å². The van der Waals surface area contributed by atoms with Gasteiger partial charge in [-0.3, -0.25) is 9.58 Å². The maximum atomic E-state index is 9.63. The van der Waals surface area contributed by atoms with E-state index < -0.39 is 0 Å². The smallest absolute Gasteiger partial charge is 0.0860 e. The molecule has 102 valence electrons. The van der Waals surface area contributed by atoms with Crippen molar-refractivity contribution >= 4 is 11.6 Å². The predicted molar refractivity (Wildman–Crippen MR) is 72.7 cm³/mol. The van der Waals surface area contributed by atoms with Crippen molar-refractivity contribution in [3.8, 4) is 0 Å². The Labute approximate surface area is 114 Å². The maximum absolute atomic E-state index is 9.63. The van der Waals surface area contributed by atoms with Gasteiger partial charge in [-0.25, -0.2) is 0 Å². The standard InChI is InChI=1S/C13H22ClN3O/c1-4-17-12(13(14)9(2)15-17)8-16-6-5-11(7-16)10(3)18/h10-11,18H,4-8H2,1-3H3. The van der Waals surface area contributed by atoms with Crippen LogP contribution in [0.2, 0.25) is 5.02 Å². The van der Waals surface area contributed by atoms with Crippen LogP contribution in [0.4, 0.5) is 0 Å². The van der Waals surface area contributed by atoms with Gasteiger partial charge in [0.2, 0.25) is 0 Å². The van der Waals surface area contributed by atoms with Crippen molar-refractivity contribution in [3.05, 3.63) is 16.4 Å². The first-order valence-corrected chi connectivity index (χ1v) is 7.03. The van der Waals surface area contributed by atoms with E-state index in [1.54, 1.807) is 0 Å². The van der Waals surface area contributed by atoms with Gasteiger partial charge in [0.1, 0.15) is 0 Å². The molecule has 2 atom stereocenters. The molecule has 5 heteroatoms. The number of aryl methyl sites for hydroxylation is 2. The fourth-order valence-corrected chi connectivity index (χ4v) is 2.83. The Kier molecular flexibility index (Phi) is 4.30. The first kappa shape index (κ1) is 13.8. The number of aliphatic hydroxyl groups is 1. The quantitative estimate of drug-likeness (QED) is 0.912. The van der Waals surface area contributed by atoms with E-state index >= 15 is 0 Å². The first-order chi connectivity index (χ1) is 8.52. The highest BCUT2D eigenvalue weighted by Gasteiger charge is 2.27. The van der Waals surface area contributed by atoms with Gasteiger partial charge in [0.15, 0.2) is 0 Å². The summed E-state index contributed by atoms with van der Waals surface area (Å²) in [5.74, 6) is 0.392. The second kappa shape index (κ2) is 5.59. The van der Waals surface area contributed by atoms with Gasteiger partial charge in [-0.15, -0.1) is 0 Å². The lowest BCUT2D eigenvalue weighted by Gasteiger charge is -2.18. The summed E-state index contributed by atoms with van der Waals surface area (Å²) in [7, 11) is 0. The molecule has 0 spiro atoms. The van der Waals surface area contributed by atoms with Gasteiger partial charge >= 0.3 is 0 Å². The summed E-state index contributed by atoms with van der Waals surface area (Å²) in [4.78, 5) is 2.35. The van der Waals surface area contributed by atoms with E-state index in [1.165, 1.54) is 0 Å². The Hall–Kier alpha value is -0.580. The zero-order valence-corrected chi connectivity index (χ0v) is 12.1. The van der Waals surface area contributed by atoms with Crippen LogP contribution in [0.25, 0.3) is 0 Å². The van der Waals surface area contributed by atoms with Crippen molar-refractivity contribution in [3.63, 3.8) is 0 Å². The molecule has 18 heavy (non-hydrogen) atoms. The topological polar surface area (TPSA) is 41.3 Å². The van der Waals surface area contributed by atoms with Crippen molar-refractivity contribution in [2.45, 2.75) is 46.4 Å². The number of likely N-dealkylation sites (tertiary alicyclic amines) is 1. The van der Waals surface area contributed by atoms with Crippen molar-refractivity contribution < 1.29 is 5.11 Å². The highest BCUT2D eigenvalue weighted by Crippen LogP contribution is 2.26. The molecular weight excluding hydrogens is 250 g/mol. The van der Waals surface area contributed by atoms with Crippen LogP contribution >= 0.6 is 11.6 Å². The van der Waals surface area contributed by atoms with Gasteiger partial charge in [-0.2, -0.15) is 5.10 Å². The molecule has 0 aromatic carbocycles. The largest absolute Gasteiger partial charge is 0.393 e. The average molecular weight is 272 g/mol. The Bertz CT molecular complexity index is 417. The minimum atomic E-state index is -0.219. The molecule has 2 rings (SSSR count). The number of nitrogens with zero attached hydrogens (tertiary/aromatic N) is 3. The Morgan fingerprint density at radius 3 is 2.83 bits per heavy atom. The molecule has 2 unspecified atom stereocenters. The molecule has 0 aliphatic carbocycles. The molecule has 4 nitrogen and oxygen atoms in total. The number of aromatic nitrogens is 2. The molecule has 0 saturated carbocycles. The predicted octanol–water partition coefficient (Wildman–Crippen LogP) is 2.07. The highest BCUT2D eigenvalue weighted by atomic mass is 35.5. The first-order valence-electron chi connectivity index (χ1n) is 6.65. The van der Waals surface area contributed by atoms with E-state index in [9.17, 15) is 5.11 Å². The van der Waals surface area contributed by atoms with Crippen molar-refractivity contribution in [2.24, 2.45) is 5.92 Å². The summed E-state index contributed by atoms with van der Waals surface area (Å²) < 4.78 is 1.98. The molecule has 1 aromatic heterocycles. The second-order valence-corrected chi connectivity index (χ2v) is 5.56. The summed E-state index contributed by atoms with van der Waals surface area (Å²) in [6.45, 7) is 9.55. The number of hydrogen-bond acceptors (Lipinski definition) is 3. The zero-order chi connectivity index (χ0) is 13.3. The monoisotopic (exact) mass is 271 g/mol. The molecule has 1 fully saturated rings. The van der Waals surface area contributed by atoms with Crippen molar-refractivity contribution in [2.75, 3.05) is 13.1 Å². The highest BCUT2D eigenvalue weighted by molar-refractivity contribution is 6.31. The fraction of sp³-hybridized carbons (Fsp3) is 0.769. The van der Waals surface area contributed by atoms with Gasteiger partial charge in [0.05, 0.1) is 22.5 Å². The average Bonchev–Trinajstić information content (AvgIpc) is 2.89. The van der Waals surface area contributed by atoms with Crippen LogP contribution in [-0.2, 0) is 13.1 Å². The van der Waals surface area contributed by atoms with E-state index in [2.05, 4.69) is 16.9 Å². The van der Waals surface area contributed by atoms with Crippen LogP contribution < -0.4 is 0 Å². The van der Waals surface area contributed by atoms with Crippen LogP contribution in [0.5, 0.6) is 0 Å². The van der Waals surface area contributed by atoms with Gasteiger partial charge < -0.3 is 5.11 Å². The molecule has 0 bridgehead atoms. The van der Waals surface area contributed by atoms with Crippen LogP contribution in [-0.4, -0.2) is 39.0 Å². The van der Waals surface area contributed by atoms with Gasteiger partial charge in [0.25, 0.3) is 0 Å². The van der Waals surface area contributed by atoms with Crippen molar-refractivity contribution in [1.29, 1.82) is 0 Å². The van der Waals surface area contributed by atoms with Crippen molar-refractivity contribution in [1.82, 2.24) is 14.7 Å². The number of halogens is 1. The van der Waals surface area contributed by atoms with E-state index in [4.69, 9.17) is 11.6 Å². The molecule has 0 amide bonds. The minimum Gasteiger partial charge on any atom is -0.393 e. The lowest BCUT2D eigenvalue weighted by Crippen LogP contribution is -2.25. The normalized spacial score (nSPS) is 22.6. The van der Waals surface area contributed by atoms with Crippen LogP contribution in [0, 0.1) is 12.8 Å². The third-order valence-corrected chi connectivity index (χ3v) is 4.31. The van der Waals surface area contributed by atoms with E-state index in [1.807, 2.05) is 18.5 Å². The van der Waals surface area contributed by atoms with Crippen LogP contribution in [0.1, 0.15) is 31.7 Å². The second-order valence-electron chi connectivity index (χ2n) is 5.19. The third kappa shape index (κ3) is 2.71. The lowest BCUT2D eigenvalue weighted by molar-refractivity contribution is 0.127. The SMILES string of the molecule is CCn1nc(C)c(Cl)c1CN1CCC(C(C)O)C1. The fourth-order valence-electron chi connectivity index (χ4n) is 2.63. The number of aliphatic hydroxyl groups excluding tert-OH is 1. The van der Waals surface area contributed by atoms with E-state index in [0.29, 0.717) is 5.92 Å². The number of hydrogen-bond donors (Lipinski definition) is 1. The van der Waals surface area contributed by atoms with E-state index in [-0.39, 0.29) is 6.10 Å². The summed E-state index contributed by atoms with van der Waals surface area (Å²) in [5.41, 5.74) is 2.00. The molecular formula is C13H22ClN3O. The van der Waals surface area contributed by atoms with Crippen LogP contribution in [0.15, 0.2) is 0 Å². The molecule has 2 heterocycles. The Balaban J connectivity index is 2.06. The minimum absolute atomic E-state index is 0.219. The maximum Gasteiger partial charge on any atom is 0.0860 e. The molecule has 1 aromatic rings. The molecule has 1 aliphatic rings. The van der Waals surface area contributed by atoms with Crippen LogP contribution in [0.3, 0.4) is 0 Å². The molecule has 0 radical (unpaired) electrons. The summed E-state index contributed by atoms with van der Waals surface area (Å²) in [6.07, 6.45) is 0.845. The third-order valence-electron chi connectivity index (χ3n) is 3.82. The molecule has 1 N–H and O–H groups in total. The number of rotatable bonds is 4. The van der Waals surface area contributed by atoms with Gasteiger partial charge in [-0.05, 0) is 39.7 Å². The molecule has 1 aliphatic heterocycles. The van der Waals surface area contributed by atoms with Gasteiger partial charge in [-0.1, -0.05) is 11.6 Å². The Morgan fingerprint density at radius 1 is 1.56 bits per heavy atom. The Morgan fingerprint density at radius 2 is 2.28 bits per heavy atom. The van der Waals surface area contributed by atoms with Gasteiger partial charge in [0, 0.05) is 19.6 Å². The summed E-state index contributed by atoms with van der Waals surface area (Å²) in [5, 5.41) is 14.8. The summed E-state index contributed by atoms with van der Waals surface area (Å²) in [6, 6.07) is 0.